The Hall–Kier alpha value is -3.45. The van der Waals surface area contributed by atoms with Crippen LogP contribution in [0.4, 0.5) is 11.4 Å². The second kappa shape index (κ2) is 8.06. The number of anilines is 1. The van der Waals surface area contributed by atoms with Gasteiger partial charge in [0.05, 0.1) is 4.92 Å². The fourth-order valence-electron chi connectivity index (χ4n) is 2.62. The molecule has 0 saturated heterocycles. The van der Waals surface area contributed by atoms with Gasteiger partial charge in [-0.15, -0.1) is 0 Å². The summed E-state index contributed by atoms with van der Waals surface area (Å²) in [5.74, 6) is -1.54. The predicted molar refractivity (Wildman–Crippen MR) is 106 cm³/mol. The summed E-state index contributed by atoms with van der Waals surface area (Å²) in [6, 6.07) is 16.6. The highest BCUT2D eigenvalue weighted by Gasteiger charge is 2.25. The Balaban J connectivity index is 1.71. The lowest BCUT2D eigenvalue weighted by Crippen LogP contribution is -2.30. The lowest BCUT2D eigenvalue weighted by Gasteiger charge is -2.14. The Morgan fingerprint density at radius 2 is 1.79 bits per heavy atom. The number of rotatable bonds is 5. The second-order valence-corrected chi connectivity index (χ2v) is 6.45. The highest BCUT2D eigenvalue weighted by molar-refractivity contribution is 6.31. The minimum atomic E-state index is -1.16. The highest BCUT2D eigenvalue weighted by atomic mass is 35.5. The highest BCUT2D eigenvalue weighted by Crippen LogP contribution is 2.24. The molecule has 0 aliphatic rings. The Morgan fingerprint density at radius 1 is 1.07 bits per heavy atom. The van der Waals surface area contributed by atoms with Crippen LogP contribution in [0.1, 0.15) is 17.3 Å². The van der Waals surface area contributed by atoms with E-state index in [1.165, 1.54) is 19.1 Å². The van der Waals surface area contributed by atoms with Gasteiger partial charge in [-0.25, -0.2) is 4.79 Å². The lowest BCUT2D eigenvalue weighted by molar-refractivity contribution is -0.385. The molecule has 3 aromatic rings. The van der Waals surface area contributed by atoms with Gasteiger partial charge in [-0.05, 0) is 42.0 Å². The molecule has 0 aliphatic carbocycles. The van der Waals surface area contributed by atoms with E-state index in [1.807, 2.05) is 30.3 Å². The molecule has 28 heavy (non-hydrogen) atoms. The van der Waals surface area contributed by atoms with Gasteiger partial charge in [0, 0.05) is 16.8 Å². The van der Waals surface area contributed by atoms with Crippen molar-refractivity contribution in [1.29, 1.82) is 0 Å². The molecule has 0 aliphatic heterocycles. The SMILES string of the molecule is CC(OC(=O)c1ccc(Cl)cc1[N+](=O)[O-])C(=O)Nc1ccc2ccccc2c1. The van der Waals surface area contributed by atoms with Crippen LogP contribution in [0.25, 0.3) is 10.8 Å². The maximum Gasteiger partial charge on any atom is 0.345 e. The number of halogens is 1. The number of nitrogens with zero attached hydrogens (tertiary/aromatic N) is 1. The summed E-state index contributed by atoms with van der Waals surface area (Å²) in [6.07, 6.45) is -1.16. The van der Waals surface area contributed by atoms with Gasteiger partial charge < -0.3 is 10.1 Å². The summed E-state index contributed by atoms with van der Waals surface area (Å²) in [4.78, 5) is 35.0. The van der Waals surface area contributed by atoms with Crippen LogP contribution in [0.3, 0.4) is 0 Å². The van der Waals surface area contributed by atoms with Crippen molar-refractivity contribution < 1.29 is 19.2 Å². The average molecular weight is 399 g/mol. The third kappa shape index (κ3) is 4.27. The van der Waals surface area contributed by atoms with Crippen molar-refractivity contribution in [1.82, 2.24) is 0 Å². The van der Waals surface area contributed by atoms with Crippen LogP contribution in [0.5, 0.6) is 0 Å². The van der Waals surface area contributed by atoms with E-state index < -0.39 is 28.6 Å². The normalized spacial score (nSPS) is 11.6. The molecule has 1 N–H and O–H groups in total. The van der Waals surface area contributed by atoms with E-state index in [2.05, 4.69) is 5.32 Å². The molecule has 0 bridgehead atoms. The number of amides is 1. The first-order valence-electron chi connectivity index (χ1n) is 8.30. The van der Waals surface area contributed by atoms with Crippen molar-refractivity contribution >= 4 is 45.6 Å². The van der Waals surface area contributed by atoms with Crippen molar-refractivity contribution in [3.63, 3.8) is 0 Å². The van der Waals surface area contributed by atoms with Gasteiger partial charge in [0.25, 0.3) is 11.6 Å². The number of hydrogen-bond acceptors (Lipinski definition) is 5. The summed E-state index contributed by atoms with van der Waals surface area (Å²) >= 11 is 5.73. The van der Waals surface area contributed by atoms with Crippen LogP contribution < -0.4 is 5.32 Å². The quantitative estimate of drug-likeness (QED) is 0.385. The molecule has 3 aromatic carbocycles. The Kier molecular flexibility index (Phi) is 5.56. The maximum atomic E-state index is 12.3. The summed E-state index contributed by atoms with van der Waals surface area (Å²) < 4.78 is 5.09. The van der Waals surface area contributed by atoms with Gasteiger partial charge in [-0.3, -0.25) is 14.9 Å². The van der Waals surface area contributed by atoms with E-state index in [-0.39, 0.29) is 10.6 Å². The molecule has 1 unspecified atom stereocenters. The largest absolute Gasteiger partial charge is 0.449 e. The van der Waals surface area contributed by atoms with Crippen LogP contribution in [0.2, 0.25) is 5.02 Å². The van der Waals surface area contributed by atoms with E-state index in [1.54, 1.807) is 12.1 Å². The first-order valence-corrected chi connectivity index (χ1v) is 8.67. The molecule has 0 radical (unpaired) electrons. The van der Waals surface area contributed by atoms with Crippen LogP contribution >= 0.6 is 11.6 Å². The summed E-state index contributed by atoms with van der Waals surface area (Å²) in [5, 5.41) is 15.9. The molecule has 3 rings (SSSR count). The number of benzene rings is 3. The molecule has 1 atom stereocenters. The zero-order chi connectivity index (χ0) is 20.3. The molecule has 8 heteroatoms. The van der Waals surface area contributed by atoms with E-state index in [0.717, 1.165) is 16.8 Å². The van der Waals surface area contributed by atoms with Crippen LogP contribution in [-0.2, 0) is 9.53 Å². The Labute approximate surface area is 165 Å². The van der Waals surface area contributed by atoms with E-state index in [0.29, 0.717) is 5.69 Å². The molecule has 0 fully saturated rings. The van der Waals surface area contributed by atoms with Crippen molar-refractivity contribution in [2.45, 2.75) is 13.0 Å². The van der Waals surface area contributed by atoms with Crippen molar-refractivity contribution in [2.75, 3.05) is 5.32 Å². The molecule has 142 valence electrons. The third-order valence-corrected chi connectivity index (χ3v) is 4.28. The fraction of sp³-hybridized carbons (Fsp3) is 0.100. The van der Waals surface area contributed by atoms with Crippen molar-refractivity contribution in [2.24, 2.45) is 0 Å². The predicted octanol–water partition coefficient (Wildman–Crippen LogP) is 4.59. The van der Waals surface area contributed by atoms with E-state index in [4.69, 9.17) is 16.3 Å². The van der Waals surface area contributed by atoms with Gasteiger partial charge in [0.1, 0.15) is 5.56 Å². The number of ether oxygens (including phenoxy) is 1. The topological polar surface area (TPSA) is 98.5 Å². The first-order chi connectivity index (χ1) is 13.3. The van der Waals surface area contributed by atoms with Crippen molar-refractivity contribution in [3.05, 3.63) is 81.4 Å². The standard InChI is InChI=1S/C20H15ClN2O5/c1-12(28-20(25)17-9-7-15(21)11-18(17)23(26)27)19(24)22-16-8-6-13-4-2-3-5-14(13)10-16/h2-12H,1H3,(H,22,24). The number of hydrogen-bond donors (Lipinski definition) is 1. The van der Waals surface area contributed by atoms with Gasteiger partial charge in [-0.1, -0.05) is 41.9 Å². The molecule has 0 aromatic heterocycles. The van der Waals surface area contributed by atoms with E-state index in [9.17, 15) is 19.7 Å². The Bertz CT molecular complexity index is 1080. The zero-order valence-corrected chi connectivity index (χ0v) is 15.5. The molecule has 1 amide bonds. The first kappa shape index (κ1) is 19.3. The number of nitro groups is 1. The zero-order valence-electron chi connectivity index (χ0n) is 14.7. The lowest BCUT2D eigenvalue weighted by atomic mass is 10.1. The van der Waals surface area contributed by atoms with Gasteiger partial charge in [0.15, 0.2) is 6.10 Å². The number of carbonyl (C=O) groups is 2. The summed E-state index contributed by atoms with van der Waals surface area (Å²) in [5.41, 5.74) is -0.219. The van der Waals surface area contributed by atoms with Crippen molar-refractivity contribution in [3.8, 4) is 0 Å². The monoisotopic (exact) mass is 398 g/mol. The number of nitrogens with one attached hydrogen (secondary N) is 1. The number of carbonyl (C=O) groups excluding carboxylic acids is 2. The van der Waals surface area contributed by atoms with Gasteiger partial charge in [0.2, 0.25) is 0 Å². The minimum absolute atomic E-state index is 0.116. The van der Waals surface area contributed by atoms with Gasteiger partial charge >= 0.3 is 5.97 Å². The third-order valence-electron chi connectivity index (χ3n) is 4.05. The Morgan fingerprint density at radius 3 is 2.50 bits per heavy atom. The molecule has 0 heterocycles. The fourth-order valence-corrected chi connectivity index (χ4v) is 2.78. The number of esters is 1. The molecule has 0 spiro atoms. The van der Waals surface area contributed by atoms with Gasteiger partial charge in [-0.2, -0.15) is 0 Å². The van der Waals surface area contributed by atoms with Crippen LogP contribution in [0, 0.1) is 10.1 Å². The average Bonchev–Trinajstić information content (AvgIpc) is 2.67. The summed E-state index contributed by atoms with van der Waals surface area (Å²) in [6.45, 7) is 1.38. The second-order valence-electron chi connectivity index (χ2n) is 6.02. The molecular formula is C20H15ClN2O5. The molecule has 0 saturated carbocycles. The smallest absolute Gasteiger partial charge is 0.345 e. The number of fused-ring (bicyclic) bond motifs is 1. The minimum Gasteiger partial charge on any atom is -0.449 e. The number of nitro benzene ring substituents is 1. The van der Waals surface area contributed by atoms with Crippen LogP contribution in [0.15, 0.2) is 60.7 Å². The summed E-state index contributed by atoms with van der Waals surface area (Å²) in [7, 11) is 0. The molecular weight excluding hydrogens is 384 g/mol. The van der Waals surface area contributed by atoms with Crippen LogP contribution in [-0.4, -0.2) is 22.9 Å². The van der Waals surface area contributed by atoms with E-state index >= 15 is 0 Å². The molecule has 7 nitrogen and oxygen atoms in total. The maximum absolute atomic E-state index is 12.3.